The van der Waals surface area contributed by atoms with E-state index in [9.17, 15) is 9.90 Å². The Morgan fingerprint density at radius 1 is 1.30 bits per heavy atom. The molecule has 2 heterocycles. The third-order valence-corrected chi connectivity index (χ3v) is 10.5. The Kier molecular flexibility index (Phi) is 5.27. The second-order valence-corrected chi connectivity index (χ2v) is 13.9. The largest absolute Gasteiger partial charge is 0.489 e. The minimum absolute atomic E-state index is 0.130. The average Bonchev–Trinajstić information content (AvgIpc) is 3.08. The molecule has 0 radical (unpaired) electrons. The average molecular weight is 390 g/mol. The topological polar surface area (TPSA) is 59.0 Å². The summed E-state index contributed by atoms with van der Waals surface area (Å²) in [5.74, 6) is 0.101. The predicted molar refractivity (Wildman–Crippen MR) is 108 cm³/mol. The van der Waals surface area contributed by atoms with E-state index < -0.39 is 13.9 Å². The summed E-state index contributed by atoms with van der Waals surface area (Å²) in [6.45, 7) is 12.3. The smallest absolute Gasteiger partial charge is 0.264 e. The van der Waals surface area contributed by atoms with E-state index in [1.54, 1.807) is 4.90 Å². The van der Waals surface area contributed by atoms with E-state index in [2.05, 4.69) is 33.9 Å². The van der Waals surface area contributed by atoms with E-state index >= 15 is 0 Å². The minimum Gasteiger partial charge on any atom is -0.489 e. The summed E-state index contributed by atoms with van der Waals surface area (Å²) in [5.41, 5.74) is -0.463. The Morgan fingerprint density at radius 2 is 1.96 bits per heavy atom. The highest BCUT2D eigenvalue weighted by molar-refractivity contribution is 6.74. The van der Waals surface area contributed by atoms with Crippen molar-refractivity contribution in [1.82, 2.24) is 4.90 Å². The highest BCUT2D eigenvalue weighted by atomic mass is 28.4. The molecule has 0 bridgehead atoms. The zero-order valence-electron chi connectivity index (χ0n) is 17.0. The molecule has 2 aliphatic heterocycles. The molecule has 1 fully saturated rings. The first-order valence-electron chi connectivity index (χ1n) is 9.60. The fourth-order valence-electron chi connectivity index (χ4n) is 3.10. The molecule has 1 amide bonds. The number of nitrogens with zero attached hydrogens (tertiary/aromatic N) is 1. The van der Waals surface area contributed by atoms with Gasteiger partial charge in [0.1, 0.15) is 11.9 Å². The zero-order chi connectivity index (χ0) is 19.9. The van der Waals surface area contributed by atoms with Gasteiger partial charge < -0.3 is 19.2 Å². The second kappa shape index (κ2) is 7.07. The molecule has 1 aromatic rings. The van der Waals surface area contributed by atoms with E-state index in [1.807, 2.05) is 36.4 Å². The highest BCUT2D eigenvalue weighted by Crippen LogP contribution is 2.39. The van der Waals surface area contributed by atoms with Crippen LogP contribution < -0.4 is 0 Å². The summed E-state index contributed by atoms with van der Waals surface area (Å²) in [7, 11) is -1.84. The summed E-state index contributed by atoms with van der Waals surface area (Å²) in [6.07, 6.45) is 2.38. The summed E-state index contributed by atoms with van der Waals surface area (Å²) < 4.78 is 12.1. The number of benzene rings is 1. The zero-order valence-corrected chi connectivity index (χ0v) is 18.0. The van der Waals surface area contributed by atoms with Crippen molar-refractivity contribution in [3.8, 4) is 0 Å². The van der Waals surface area contributed by atoms with Crippen molar-refractivity contribution in [2.45, 2.75) is 63.6 Å². The Hall–Kier alpha value is -1.63. The first-order valence-corrected chi connectivity index (χ1v) is 12.5. The van der Waals surface area contributed by atoms with Crippen LogP contribution in [0.5, 0.6) is 0 Å². The van der Waals surface area contributed by atoms with Crippen molar-refractivity contribution < 1.29 is 19.1 Å². The quantitative estimate of drug-likeness (QED) is 0.598. The van der Waals surface area contributed by atoms with Crippen molar-refractivity contribution in [2.24, 2.45) is 0 Å². The number of amides is 1. The molecule has 1 unspecified atom stereocenters. The van der Waals surface area contributed by atoms with Crippen LogP contribution in [0.15, 0.2) is 42.2 Å². The molecule has 0 aromatic heterocycles. The molecule has 6 heteroatoms. The first-order chi connectivity index (χ1) is 12.5. The second-order valence-electron chi connectivity index (χ2n) is 9.12. The molecule has 27 heavy (non-hydrogen) atoms. The molecule has 2 aliphatic rings. The molecule has 1 saturated heterocycles. The van der Waals surface area contributed by atoms with Gasteiger partial charge in [0.25, 0.3) is 5.91 Å². The van der Waals surface area contributed by atoms with Crippen molar-refractivity contribution >= 4 is 14.2 Å². The normalized spacial score (nSPS) is 25.9. The number of β-amino-alcohol motifs (C(OH)–C–C–N with tert-alkyl or cyclic N) is 1. The van der Waals surface area contributed by atoms with Gasteiger partial charge in [-0.25, -0.2) is 0 Å². The van der Waals surface area contributed by atoms with Crippen LogP contribution in [0.4, 0.5) is 0 Å². The Balaban J connectivity index is 1.52. The molecule has 0 aliphatic carbocycles. The van der Waals surface area contributed by atoms with Gasteiger partial charge in [-0.2, -0.15) is 0 Å². The summed E-state index contributed by atoms with van der Waals surface area (Å²) in [6, 6.07) is 9.79. The van der Waals surface area contributed by atoms with Crippen LogP contribution in [0, 0.1) is 0 Å². The molecule has 1 aromatic carbocycles. The lowest BCUT2D eigenvalue weighted by molar-refractivity contribution is -0.176. The number of carbonyl (C=O) groups excluding carboxylic acids is 1. The van der Waals surface area contributed by atoms with Crippen LogP contribution in [0.1, 0.15) is 32.8 Å². The maximum atomic E-state index is 12.6. The lowest BCUT2D eigenvalue weighted by Crippen LogP contribution is -2.67. The summed E-state index contributed by atoms with van der Waals surface area (Å²) >= 11 is 0. The lowest BCUT2D eigenvalue weighted by Gasteiger charge is -2.45. The third-order valence-electron chi connectivity index (χ3n) is 5.98. The predicted octanol–water partition coefficient (Wildman–Crippen LogP) is 3.45. The van der Waals surface area contributed by atoms with Gasteiger partial charge in [0.2, 0.25) is 5.60 Å². The molecule has 148 valence electrons. The number of rotatable bonds is 6. The summed E-state index contributed by atoms with van der Waals surface area (Å²) in [4.78, 5) is 14.2. The number of ether oxygens (including phenoxy) is 1. The molecular weight excluding hydrogens is 358 g/mol. The molecule has 1 N–H and O–H groups in total. The van der Waals surface area contributed by atoms with Gasteiger partial charge in [0.15, 0.2) is 8.32 Å². The Morgan fingerprint density at radius 3 is 2.56 bits per heavy atom. The van der Waals surface area contributed by atoms with Gasteiger partial charge in [-0.3, -0.25) is 4.79 Å². The van der Waals surface area contributed by atoms with Crippen LogP contribution in [-0.2, 0) is 20.5 Å². The van der Waals surface area contributed by atoms with Crippen molar-refractivity contribution in [3.05, 3.63) is 47.7 Å². The first kappa shape index (κ1) is 20.1. The minimum atomic E-state index is -1.84. The van der Waals surface area contributed by atoms with Crippen molar-refractivity contribution in [3.63, 3.8) is 0 Å². The molecular formula is C21H31NO4Si. The highest BCUT2D eigenvalue weighted by Gasteiger charge is 2.56. The third kappa shape index (κ3) is 3.98. The molecule has 0 spiro atoms. The van der Waals surface area contributed by atoms with Crippen LogP contribution in [0.25, 0.3) is 0 Å². The Labute approximate surface area is 163 Å². The fraction of sp³-hybridized carbons (Fsp3) is 0.571. The van der Waals surface area contributed by atoms with Gasteiger partial charge in [-0.1, -0.05) is 51.1 Å². The van der Waals surface area contributed by atoms with E-state index in [1.165, 1.54) is 0 Å². The van der Waals surface area contributed by atoms with Crippen molar-refractivity contribution in [1.29, 1.82) is 0 Å². The van der Waals surface area contributed by atoms with Gasteiger partial charge >= 0.3 is 0 Å². The maximum Gasteiger partial charge on any atom is 0.264 e. The standard InChI is InChI=1S/C21H31NO4Si/c1-20(2,3)27(4,5)25-14-17-11-12-18(26-17)21(24)15-22(19(21)23)13-16-9-7-6-8-10-16/h6-10,12,17,24H,11,13-15H2,1-5H3/t17-,21?/m0/s1. The number of aliphatic hydroxyl groups is 1. The molecule has 0 saturated carbocycles. The van der Waals surface area contributed by atoms with Crippen LogP contribution in [0.2, 0.25) is 18.1 Å². The lowest BCUT2D eigenvalue weighted by atomic mass is 9.89. The monoisotopic (exact) mass is 389 g/mol. The van der Waals surface area contributed by atoms with Crippen molar-refractivity contribution in [2.75, 3.05) is 13.2 Å². The van der Waals surface area contributed by atoms with E-state index in [0.29, 0.717) is 25.3 Å². The summed E-state index contributed by atoms with van der Waals surface area (Å²) in [5, 5.41) is 10.9. The van der Waals surface area contributed by atoms with Crippen LogP contribution in [0.3, 0.4) is 0 Å². The van der Waals surface area contributed by atoms with Gasteiger partial charge in [-0.15, -0.1) is 0 Å². The van der Waals surface area contributed by atoms with Crippen LogP contribution >= 0.6 is 0 Å². The number of hydrogen-bond acceptors (Lipinski definition) is 4. The maximum absolute atomic E-state index is 12.6. The number of hydrogen-bond donors (Lipinski definition) is 1. The molecule has 2 atom stereocenters. The fourth-order valence-corrected chi connectivity index (χ4v) is 4.14. The molecule has 5 nitrogen and oxygen atoms in total. The van der Waals surface area contributed by atoms with Crippen LogP contribution in [-0.4, -0.2) is 49.1 Å². The van der Waals surface area contributed by atoms with Gasteiger partial charge in [0.05, 0.1) is 13.2 Å². The van der Waals surface area contributed by atoms with Gasteiger partial charge in [0, 0.05) is 13.0 Å². The number of β-lactam (4-membered cyclic amide) rings is 1. The SMILES string of the molecule is CC(C)(C)[Si](C)(C)OC[C@@H]1CC=C(C2(O)CN(Cc3ccccc3)C2=O)O1. The number of carbonyl (C=O) groups is 1. The molecule has 3 rings (SSSR count). The van der Waals surface area contributed by atoms with E-state index in [-0.39, 0.29) is 23.6 Å². The van der Waals surface area contributed by atoms with E-state index in [4.69, 9.17) is 9.16 Å². The Bertz CT molecular complexity index is 725. The van der Waals surface area contributed by atoms with E-state index in [0.717, 1.165) is 5.56 Å². The number of likely N-dealkylation sites (tertiary alicyclic amines) is 1. The van der Waals surface area contributed by atoms with Gasteiger partial charge in [-0.05, 0) is 29.8 Å².